The van der Waals surface area contributed by atoms with Crippen LogP contribution in [0.5, 0.6) is 11.6 Å². The molecule has 3 nitrogen and oxygen atoms in total. The summed E-state index contributed by atoms with van der Waals surface area (Å²) in [5, 5.41) is 0. The Hall–Kier alpha value is -2.10. The minimum atomic E-state index is -0.281. The molecule has 1 heterocycles. The predicted octanol–water partition coefficient (Wildman–Crippen LogP) is 3.21. The van der Waals surface area contributed by atoms with Gasteiger partial charge in [-0.05, 0) is 43.7 Å². The number of nitrogens with zero attached hydrogens (tertiary/aromatic N) is 1. The van der Waals surface area contributed by atoms with Crippen LogP contribution in [-0.4, -0.2) is 4.98 Å². The molecule has 0 aliphatic carbocycles. The summed E-state index contributed by atoms with van der Waals surface area (Å²) in [7, 11) is 0. The Morgan fingerprint density at radius 1 is 1.18 bits per heavy atom. The molecule has 1 aromatic carbocycles. The van der Waals surface area contributed by atoms with Crippen molar-refractivity contribution in [2.75, 3.05) is 5.73 Å². The first-order valence-electron chi connectivity index (χ1n) is 5.23. The molecule has 0 radical (unpaired) electrons. The first-order chi connectivity index (χ1) is 8.06. The maximum Gasteiger partial charge on any atom is 0.219 e. The summed E-state index contributed by atoms with van der Waals surface area (Å²) in [4.78, 5) is 4.19. The summed E-state index contributed by atoms with van der Waals surface area (Å²) >= 11 is 0. The van der Waals surface area contributed by atoms with Crippen molar-refractivity contribution in [1.29, 1.82) is 0 Å². The van der Waals surface area contributed by atoms with Crippen LogP contribution >= 0.6 is 0 Å². The van der Waals surface area contributed by atoms with Gasteiger partial charge in [-0.1, -0.05) is 0 Å². The second kappa shape index (κ2) is 4.41. The van der Waals surface area contributed by atoms with Crippen molar-refractivity contribution >= 4 is 5.69 Å². The van der Waals surface area contributed by atoms with E-state index in [1.165, 1.54) is 12.1 Å². The number of pyridine rings is 1. The molecular formula is C13H13FN2O. The highest BCUT2D eigenvalue weighted by molar-refractivity contribution is 5.44. The zero-order chi connectivity index (χ0) is 12.4. The number of hydrogen-bond donors (Lipinski definition) is 1. The van der Waals surface area contributed by atoms with Gasteiger partial charge in [-0.25, -0.2) is 9.37 Å². The molecule has 0 amide bonds. The quantitative estimate of drug-likeness (QED) is 0.864. The molecule has 0 spiro atoms. The lowest BCUT2D eigenvalue weighted by Gasteiger charge is -2.09. The lowest BCUT2D eigenvalue weighted by atomic mass is 10.2. The van der Waals surface area contributed by atoms with Crippen LogP contribution in [0.2, 0.25) is 0 Å². The number of hydrogen-bond acceptors (Lipinski definition) is 3. The van der Waals surface area contributed by atoms with Gasteiger partial charge in [0.1, 0.15) is 11.6 Å². The summed E-state index contributed by atoms with van der Waals surface area (Å²) in [6.07, 6.45) is 0. The van der Waals surface area contributed by atoms with Crippen molar-refractivity contribution in [3.8, 4) is 11.6 Å². The van der Waals surface area contributed by atoms with Crippen LogP contribution in [0.25, 0.3) is 0 Å². The predicted molar refractivity (Wildman–Crippen MR) is 64.6 cm³/mol. The maximum atomic E-state index is 12.9. The van der Waals surface area contributed by atoms with Crippen molar-refractivity contribution in [3.63, 3.8) is 0 Å². The van der Waals surface area contributed by atoms with Gasteiger partial charge in [0.25, 0.3) is 0 Å². The number of nitrogens with two attached hydrogens (primary N) is 1. The lowest BCUT2D eigenvalue weighted by molar-refractivity contribution is 0.456. The molecule has 0 fully saturated rings. The highest BCUT2D eigenvalue weighted by Gasteiger charge is 2.05. The molecule has 0 aliphatic heterocycles. The van der Waals surface area contributed by atoms with E-state index in [0.29, 0.717) is 23.0 Å². The van der Waals surface area contributed by atoms with Crippen molar-refractivity contribution in [2.24, 2.45) is 0 Å². The van der Waals surface area contributed by atoms with Crippen molar-refractivity contribution in [2.45, 2.75) is 13.8 Å². The van der Waals surface area contributed by atoms with Crippen LogP contribution in [0, 0.1) is 19.7 Å². The van der Waals surface area contributed by atoms with Crippen LogP contribution in [-0.2, 0) is 0 Å². The van der Waals surface area contributed by atoms with Gasteiger partial charge in [-0.3, -0.25) is 0 Å². The molecule has 0 aliphatic rings. The van der Waals surface area contributed by atoms with E-state index in [9.17, 15) is 4.39 Å². The standard InChI is InChI=1S/C13H13FN2O/c1-8-7-10(14)3-5-12(8)17-13-6-4-11(15)9(2)16-13/h3-7H,15H2,1-2H3. The number of halogens is 1. The first-order valence-corrected chi connectivity index (χ1v) is 5.23. The number of anilines is 1. The monoisotopic (exact) mass is 232 g/mol. The van der Waals surface area contributed by atoms with Gasteiger partial charge < -0.3 is 10.5 Å². The molecule has 2 aromatic rings. The normalized spacial score (nSPS) is 10.3. The van der Waals surface area contributed by atoms with Crippen LogP contribution < -0.4 is 10.5 Å². The van der Waals surface area contributed by atoms with E-state index in [1.807, 2.05) is 0 Å². The Bertz CT molecular complexity index is 555. The number of ether oxygens (including phenoxy) is 1. The Kier molecular flexibility index (Phi) is 2.95. The molecular weight excluding hydrogens is 219 g/mol. The Balaban J connectivity index is 2.28. The number of benzene rings is 1. The molecule has 0 saturated carbocycles. The van der Waals surface area contributed by atoms with E-state index in [2.05, 4.69) is 4.98 Å². The first kappa shape index (κ1) is 11.4. The maximum absolute atomic E-state index is 12.9. The summed E-state index contributed by atoms with van der Waals surface area (Å²) in [5.41, 5.74) is 7.72. The van der Waals surface area contributed by atoms with Crippen molar-refractivity contribution in [1.82, 2.24) is 4.98 Å². The number of aryl methyl sites for hydroxylation is 2. The highest BCUT2D eigenvalue weighted by Crippen LogP contribution is 2.25. The SMILES string of the molecule is Cc1cc(F)ccc1Oc1ccc(N)c(C)n1. The Morgan fingerprint density at radius 3 is 2.59 bits per heavy atom. The summed E-state index contributed by atoms with van der Waals surface area (Å²) < 4.78 is 18.5. The van der Waals surface area contributed by atoms with Gasteiger partial charge >= 0.3 is 0 Å². The minimum Gasteiger partial charge on any atom is -0.439 e. The van der Waals surface area contributed by atoms with Gasteiger partial charge in [-0.15, -0.1) is 0 Å². The minimum absolute atomic E-state index is 0.281. The van der Waals surface area contributed by atoms with Crippen molar-refractivity contribution in [3.05, 3.63) is 47.4 Å². The van der Waals surface area contributed by atoms with Crippen LogP contribution in [0.3, 0.4) is 0 Å². The fraction of sp³-hybridized carbons (Fsp3) is 0.154. The molecule has 17 heavy (non-hydrogen) atoms. The highest BCUT2D eigenvalue weighted by atomic mass is 19.1. The van der Waals surface area contributed by atoms with Crippen molar-refractivity contribution < 1.29 is 9.13 Å². The number of aromatic nitrogens is 1. The van der Waals surface area contributed by atoms with Gasteiger partial charge in [0.05, 0.1) is 11.4 Å². The van der Waals surface area contributed by atoms with Gasteiger partial charge in [-0.2, -0.15) is 0 Å². The van der Waals surface area contributed by atoms with Crippen LogP contribution in [0.4, 0.5) is 10.1 Å². The third-order valence-corrected chi connectivity index (χ3v) is 2.45. The van der Waals surface area contributed by atoms with E-state index >= 15 is 0 Å². The van der Waals surface area contributed by atoms with E-state index < -0.39 is 0 Å². The summed E-state index contributed by atoms with van der Waals surface area (Å²) in [5.74, 6) is 0.755. The summed E-state index contributed by atoms with van der Waals surface area (Å²) in [6, 6.07) is 7.77. The largest absolute Gasteiger partial charge is 0.439 e. The molecule has 0 atom stereocenters. The average Bonchev–Trinajstić information content (AvgIpc) is 2.27. The van der Waals surface area contributed by atoms with Crippen LogP contribution in [0.1, 0.15) is 11.3 Å². The van der Waals surface area contributed by atoms with E-state index in [4.69, 9.17) is 10.5 Å². The molecule has 2 N–H and O–H groups in total. The van der Waals surface area contributed by atoms with Crippen LogP contribution in [0.15, 0.2) is 30.3 Å². The average molecular weight is 232 g/mol. The van der Waals surface area contributed by atoms with Gasteiger partial charge in [0, 0.05) is 6.07 Å². The molecule has 1 aromatic heterocycles. The fourth-order valence-electron chi connectivity index (χ4n) is 1.45. The van der Waals surface area contributed by atoms with E-state index in [0.717, 1.165) is 5.56 Å². The second-order valence-corrected chi connectivity index (χ2v) is 3.84. The van der Waals surface area contributed by atoms with E-state index in [-0.39, 0.29) is 5.82 Å². The molecule has 4 heteroatoms. The topological polar surface area (TPSA) is 48.1 Å². The Labute approximate surface area is 99.1 Å². The van der Waals surface area contributed by atoms with E-state index in [1.54, 1.807) is 32.0 Å². The molecule has 0 bridgehead atoms. The third-order valence-electron chi connectivity index (χ3n) is 2.45. The molecule has 88 valence electrons. The molecule has 2 rings (SSSR count). The smallest absolute Gasteiger partial charge is 0.219 e. The fourth-order valence-corrected chi connectivity index (χ4v) is 1.45. The molecule has 0 saturated heterocycles. The number of nitrogen functional groups attached to an aromatic ring is 1. The van der Waals surface area contributed by atoms with Gasteiger partial charge in [0.15, 0.2) is 0 Å². The zero-order valence-corrected chi connectivity index (χ0v) is 9.70. The number of rotatable bonds is 2. The zero-order valence-electron chi connectivity index (χ0n) is 9.70. The summed E-state index contributed by atoms with van der Waals surface area (Å²) in [6.45, 7) is 3.59. The lowest BCUT2D eigenvalue weighted by Crippen LogP contribution is -1.96. The van der Waals surface area contributed by atoms with Gasteiger partial charge in [0.2, 0.25) is 5.88 Å². The Morgan fingerprint density at radius 2 is 1.94 bits per heavy atom. The molecule has 0 unspecified atom stereocenters. The third kappa shape index (κ3) is 2.53. The second-order valence-electron chi connectivity index (χ2n) is 3.84.